The summed E-state index contributed by atoms with van der Waals surface area (Å²) in [6.45, 7) is 0. The van der Waals surface area contributed by atoms with Crippen molar-refractivity contribution in [1.29, 1.82) is 0 Å². The Morgan fingerprint density at radius 3 is 2.24 bits per heavy atom. The molecule has 0 radical (unpaired) electrons. The number of halogens is 1. The number of carbonyl (C=O) groups is 2. The van der Waals surface area contributed by atoms with Crippen molar-refractivity contribution >= 4 is 46.0 Å². The second kappa shape index (κ2) is 8.42. The molecule has 0 saturated heterocycles. The normalized spacial score (nSPS) is 11.4. The van der Waals surface area contributed by atoms with Crippen molar-refractivity contribution in [2.45, 2.75) is 12.5 Å². The second-order valence-corrected chi connectivity index (χ2v) is 6.37. The average Bonchev–Trinajstić information content (AvgIpc) is 2.56. The van der Waals surface area contributed by atoms with Crippen LogP contribution in [-0.4, -0.2) is 28.1 Å². The van der Waals surface area contributed by atoms with Crippen molar-refractivity contribution in [1.82, 2.24) is 5.32 Å². The molecule has 0 heterocycles. The highest BCUT2D eigenvalue weighted by molar-refractivity contribution is 14.1. The first-order valence-electron chi connectivity index (χ1n) is 7.14. The Morgan fingerprint density at radius 1 is 1.12 bits per heavy atom. The molecule has 130 valence electrons. The van der Waals surface area contributed by atoms with Crippen LogP contribution in [0.2, 0.25) is 0 Å². The van der Waals surface area contributed by atoms with Crippen LogP contribution < -0.4 is 10.6 Å². The molecule has 0 aliphatic rings. The van der Waals surface area contributed by atoms with E-state index in [1.54, 1.807) is 12.1 Å². The number of hydrogen-bond donors (Lipinski definition) is 3. The largest absolute Gasteiger partial charge is 0.480 e. The van der Waals surface area contributed by atoms with Crippen LogP contribution in [0.1, 0.15) is 5.56 Å². The van der Waals surface area contributed by atoms with E-state index in [4.69, 9.17) is 0 Å². The third kappa shape index (κ3) is 5.71. The van der Waals surface area contributed by atoms with Gasteiger partial charge in [0.2, 0.25) is 0 Å². The summed E-state index contributed by atoms with van der Waals surface area (Å²) < 4.78 is 1.03. The first kappa shape index (κ1) is 18.6. The van der Waals surface area contributed by atoms with Gasteiger partial charge in [0.25, 0.3) is 5.69 Å². The van der Waals surface area contributed by atoms with Crippen molar-refractivity contribution in [3.8, 4) is 0 Å². The number of rotatable bonds is 6. The summed E-state index contributed by atoms with van der Waals surface area (Å²) in [4.78, 5) is 33.4. The second-order valence-electron chi connectivity index (χ2n) is 5.12. The Kier molecular flexibility index (Phi) is 6.28. The fourth-order valence-corrected chi connectivity index (χ4v) is 2.41. The zero-order valence-corrected chi connectivity index (χ0v) is 15.0. The van der Waals surface area contributed by atoms with Gasteiger partial charge in [0.05, 0.1) is 4.92 Å². The van der Waals surface area contributed by atoms with Crippen LogP contribution >= 0.6 is 22.6 Å². The lowest BCUT2D eigenvalue weighted by Gasteiger charge is -2.15. The maximum absolute atomic E-state index is 12.0. The van der Waals surface area contributed by atoms with Gasteiger partial charge in [-0.3, -0.25) is 10.1 Å². The molecule has 0 bridgehead atoms. The predicted octanol–water partition coefficient (Wildman–Crippen LogP) is 3.02. The Balaban J connectivity index is 1.98. The zero-order valence-electron chi connectivity index (χ0n) is 12.8. The zero-order chi connectivity index (χ0) is 18.4. The topological polar surface area (TPSA) is 122 Å². The van der Waals surface area contributed by atoms with Gasteiger partial charge < -0.3 is 15.7 Å². The number of nitro benzene ring substituents is 1. The SMILES string of the molecule is O=C(Nc1ccc([N+](=O)[O-])cc1)NC(Cc1ccc(I)cc1)C(=O)O. The molecular weight excluding hydrogens is 441 g/mol. The summed E-state index contributed by atoms with van der Waals surface area (Å²) >= 11 is 2.14. The molecular formula is C16H14IN3O5. The third-order valence-electron chi connectivity index (χ3n) is 3.29. The minimum atomic E-state index is -1.16. The van der Waals surface area contributed by atoms with E-state index in [2.05, 4.69) is 33.2 Å². The Bertz CT molecular complexity index is 777. The highest BCUT2D eigenvalue weighted by Crippen LogP contribution is 2.15. The van der Waals surface area contributed by atoms with E-state index in [1.807, 2.05) is 12.1 Å². The average molecular weight is 455 g/mol. The molecule has 2 aromatic rings. The Morgan fingerprint density at radius 2 is 1.72 bits per heavy atom. The van der Waals surface area contributed by atoms with Crippen molar-refractivity contribution in [2.75, 3.05) is 5.32 Å². The Labute approximate surface area is 156 Å². The number of nitro groups is 1. The third-order valence-corrected chi connectivity index (χ3v) is 4.01. The highest BCUT2D eigenvalue weighted by Gasteiger charge is 2.20. The van der Waals surface area contributed by atoms with Crippen molar-refractivity contribution in [2.24, 2.45) is 0 Å². The first-order chi connectivity index (χ1) is 11.8. The smallest absolute Gasteiger partial charge is 0.326 e. The fourth-order valence-electron chi connectivity index (χ4n) is 2.05. The van der Waals surface area contributed by atoms with Gasteiger partial charge in [-0.25, -0.2) is 9.59 Å². The van der Waals surface area contributed by atoms with Gasteiger partial charge in [-0.05, 0) is 52.4 Å². The molecule has 0 saturated carbocycles. The van der Waals surface area contributed by atoms with Gasteiger partial charge in [0.1, 0.15) is 6.04 Å². The standard InChI is InChI=1S/C16H14IN3O5/c17-11-3-1-10(2-4-11)9-14(15(21)22)19-16(23)18-12-5-7-13(8-6-12)20(24)25/h1-8,14H,9H2,(H,21,22)(H2,18,19,23). The molecule has 0 spiro atoms. The molecule has 0 fully saturated rings. The van der Waals surface area contributed by atoms with Crippen LogP contribution in [0.3, 0.4) is 0 Å². The molecule has 8 nitrogen and oxygen atoms in total. The van der Waals surface area contributed by atoms with Crippen LogP contribution in [0.4, 0.5) is 16.2 Å². The number of carbonyl (C=O) groups excluding carboxylic acids is 1. The van der Waals surface area contributed by atoms with E-state index in [0.29, 0.717) is 5.69 Å². The van der Waals surface area contributed by atoms with Crippen molar-refractivity contribution in [3.63, 3.8) is 0 Å². The number of non-ortho nitro benzene ring substituents is 1. The van der Waals surface area contributed by atoms with Crippen LogP contribution in [-0.2, 0) is 11.2 Å². The Hall–Kier alpha value is -2.69. The lowest BCUT2D eigenvalue weighted by atomic mass is 10.1. The number of carboxylic acids is 1. The summed E-state index contributed by atoms with van der Waals surface area (Å²) in [6, 6.07) is 10.7. The summed E-state index contributed by atoms with van der Waals surface area (Å²) in [5.41, 5.74) is 0.998. The first-order valence-corrected chi connectivity index (χ1v) is 8.22. The molecule has 0 aliphatic carbocycles. The van der Waals surface area contributed by atoms with Crippen LogP contribution in [0, 0.1) is 13.7 Å². The van der Waals surface area contributed by atoms with E-state index < -0.39 is 23.0 Å². The minimum absolute atomic E-state index is 0.104. The van der Waals surface area contributed by atoms with E-state index in [-0.39, 0.29) is 12.1 Å². The highest BCUT2D eigenvalue weighted by atomic mass is 127. The van der Waals surface area contributed by atoms with Gasteiger partial charge in [-0.1, -0.05) is 12.1 Å². The van der Waals surface area contributed by atoms with Crippen molar-refractivity contribution < 1.29 is 19.6 Å². The summed E-state index contributed by atoms with van der Waals surface area (Å²) in [7, 11) is 0. The van der Waals surface area contributed by atoms with Gasteiger partial charge >= 0.3 is 12.0 Å². The monoisotopic (exact) mass is 455 g/mol. The molecule has 3 N–H and O–H groups in total. The summed E-state index contributed by atoms with van der Waals surface area (Å²) in [5, 5.41) is 24.7. The molecule has 9 heteroatoms. The maximum Gasteiger partial charge on any atom is 0.326 e. The number of benzene rings is 2. The summed E-state index contributed by atoms with van der Waals surface area (Å²) in [6.07, 6.45) is 0.139. The fraction of sp³-hybridized carbons (Fsp3) is 0.125. The molecule has 1 atom stereocenters. The van der Waals surface area contributed by atoms with Crippen LogP contribution in [0.5, 0.6) is 0 Å². The number of hydrogen-bond acceptors (Lipinski definition) is 4. The quantitative estimate of drug-likeness (QED) is 0.351. The predicted molar refractivity (Wildman–Crippen MR) is 99.5 cm³/mol. The number of amides is 2. The van der Waals surface area contributed by atoms with E-state index in [9.17, 15) is 24.8 Å². The number of carboxylic acid groups (broad SMARTS) is 1. The number of urea groups is 1. The molecule has 0 aromatic heterocycles. The summed E-state index contributed by atoms with van der Waals surface area (Å²) in [5.74, 6) is -1.16. The van der Waals surface area contributed by atoms with E-state index in [1.165, 1.54) is 24.3 Å². The molecule has 2 rings (SSSR count). The molecule has 25 heavy (non-hydrogen) atoms. The van der Waals surface area contributed by atoms with Gasteiger partial charge in [-0.15, -0.1) is 0 Å². The molecule has 1 unspecified atom stereocenters. The van der Waals surface area contributed by atoms with E-state index in [0.717, 1.165) is 9.13 Å². The van der Waals surface area contributed by atoms with E-state index >= 15 is 0 Å². The number of anilines is 1. The number of aliphatic carboxylic acids is 1. The molecule has 2 amide bonds. The van der Waals surface area contributed by atoms with Crippen molar-refractivity contribution in [3.05, 3.63) is 67.8 Å². The maximum atomic E-state index is 12.0. The van der Waals surface area contributed by atoms with Crippen LogP contribution in [0.15, 0.2) is 48.5 Å². The molecule has 2 aromatic carbocycles. The molecule has 0 aliphatic heterocycles. The lowest BCUT2D eigenvalue weighted by Crippen LogP contribution is -2.44. The number of nitrogens with zero attached hydrogens (tertiary/aromatic N) is 1. The lowest BCUT2D eigenvalue weighted by molar-refractivity contribution is -0.384. The minimum Gasteiger partial charge on any atom is -0.480 e. The number of nitrogens with one attached hydrogen (secondary N) is 2. The van der Waals surface area contributed by atoms with Gasteiger partial charge in [0, 0.05) is 27.8 Å². The van der Waals surface area contributed by atoms with Crippen LogP contribution in [0.25, 0.3) is 0 Å². The van der Waals surface area contributed by atoms with Gasteiger partial charge in [-0.2, -0.15) is 0 Å². The van der Waals surface area contributed by atoms with Gasteiger partial charge in [0.15, 0.2) is 0 Å².